The predicted molar refractivity (Wildman–Crippen MR) is 126 cm³/mol. The third-order valence-corrected chi connectivity index (χ3v) is 5.00. The van der Waals surface area contributed by atoms with Crippen LogP contribution in [-0.2, 0) is 0 Å². The largest absolute Gasteiger partial charge is 0.491 e. The molecule has 0 saturated heterocycles. The molecule has 0 radical (unpaired) electrons. The van der Waals surface area contributed by atoms with Gasteiger partial charge in [-0.1, -0.05) is 42.0 Å². The molecule has 0 heterocycles. The average molecular weight is 437 g/mol. The first kappa shape index (κ1) is 22.6. The van der Waals surface area contributed by atoms with Gasteiger partial charge in [0.2, 0.25) is 0 Å². The molecule has 0 amide bonds. The van der Waals surface area contributed by atoms with Crippen LogP contribution in [0.4, 0.5) is 11.4 Å². The van der Waals surface area contributed by atoms with Crippen molar-refractivity contribution in [3.05, 3.63) is 94.0 Å². The molecule has 0 unspecified atom stereocenters. The highest BCUT2D eigenvalue weighted by Gasteiger charge is 2.16. The van der Waals surface area contributed by atoms with Gasteiger partial charge in [-0.2, -0.15) is 0 Å². The van der Waals surface area contributed by atoms with Crippen LogP contribution >= 0.6 is 11.6 Å². The van der Waals surface area contributed by atoms with Gasteiger partial charge in [-0.25, -0.2) is 0 Å². The van der Waals surface area contributed by atoms with Gasteiger partial charge >= 0.3 is 0 Å². The molecule has 4 N–H and O–H groups in total. The summed E-state index contributed by atoms with van der Waals surface area (Å²) in [7, 11) is 0. The molecule has 0 saturated carbocycles. The first-order valence-electron chi connectivity index (χ1n) is 9.94. The Kier molecular flexibility index (Phi) is 7.84. The van der Waals surface area contributed by atoms with E-state index >= 15 is 0 Å². The normalized spacial score (nSPS) is 11.0. The van der Waals surface area contributed by atoms with Crippen molar-refractivity contribution in [2.75, 3.05) is 25.1 Å². The van der Waals surface area contributed by atoms with Crippen LogP contribution in [0.1, 0.15) is 27.0 Å². The fourth-order valence-electron chi connectivity index (χ4n) is 3.17. The summed E-state index contributed by atoms with van der Waals surface area (Å²) < 4.78 is 5.40. The Morgan fingerprint density at radius 3 is 2.61 bits per heavy atom. The van der Waals surface area contributed by atoms with Gasteiger partial charge in [-0.15, -0.1) is 0 Å². The highest BCUT2D eigenvalue weighted by molar-refractivity contribution is 6.35. The van der Waals surface area contributed by atoms with Gasteiger partial charge in [0.15, 0.2) is 5.78 Å². The zero-order chi connectivity index (χ0) is 22.2. The van der Waals surface area contributed by atoms with Gasteiger partial charge in [0.1, 0.15) is 12.4 Å². The van der Waals surface area contributed by atoms with Crippen molar-refractivity contribution in [3.8, 4) is 5.75 Å². The van der Waals surface area contributed by atoms with Crippen LogP contribution in [0.15, 0.2) is 66.7 Å². The molecule has 0 aromatic heterocycles. The van der Waals surface area contributed by atoms with Gasteiger partial charge in [0, 0.05) is 29.0 Å². The summed E-state index contributed by atoms with van der Waals surface area (Å²) in [4.78, 5) is 13.0. The fourth-order valence-corrected chi connectivity index (χ4v) is 3.44. The minimum Gasteiger partial charge on any atom is -0.491 e. The summed E-state index contributed by atoms with van der Waals surface area (Å²) >= 11 is 6.47. The van der Waals surface area contributed by atoms with E-state index in [4.69, 9.17) is 27.2 Å². The SMILES string of the molecule is Cc1cc(OCCO)ccc1C(=O)c1ccc(Nc2ccccc2/C=C/CN)cc1Cl. The number of hydrogen-bond acceptors (Lipinski definition) is 5. The summed E-state index contributed by atoms with van der Waals surface area (Å²) in [5.41, 5.74) is 10.0. The Labute approximate surface area is 187 Å². The van der Waals surface area contributed by atoms with E-state index in [1.54, 1.807) is 30.3 Å². The number of benzene rings is 3. The van der Waals surface area contributed by atoms with E-state index in [1.807, 2.05) is 49.4 Å². The number of aliphatic hydroxyl groups excluding tert-OH is 1. The van der Waals surface area contributed by atoms with Crippen molar-refractivity contribution in [1.29, 1.82) is 0 Å². The average Bonchev–Trinajstić information content (AvgIpc) is 2.77. The van der Waals surface area contributed by atoms with E-state index < -0.39 is 0 Å². The van der Waals surface area contributed by atoms with Crippen LogP contribution < -0.4 is 15.8 Å². The van der Waals surface area contributed by atoms with Crippen LogP contribution in [0.25, 0.3) is 6.08 Å². The van der Waals surface area contributed by atoms with Crippen molar-refractivity contribution in [2.24, 2.45) is 5.73 Å². The molecule has 5 nitrogen and oxygen atoms in total. The number of para-hydroxylation sites is 1. The monoisotopic (exact) mass is 436 g/mol. The first-order chi connectivity index (χ1) is 15.0. The quantitative estimate of drug-likeness (QED) is 0.412. The van der Waals surface area contributed by atoms with Crippen molar-refractivity contribution in [1.82, 2.24) is 0 Å². The molecule has 160 valence electrons. The number of nitrogens with two attached hydrogens (primary N) is 1. The Bertz CT molecular complexity index is 1100. The van der Waals surface area contributed by atoms with Crippen molar-refractivity contribution in [2.45, 2.75) is 6.92 Å². The molecule has 31 heavy (non-hydrogen) atoms. The zero-order valence-electron chi connectivity index (χ0n) is 17.3. The van der Waals surface area contributed by atoms with Crippen molar-refractivity contribution in [3.63, 3.8) is 0 Å². The molecule has 3 aromatic carbocycles. The molecule has 0 aliphatic heterocycles. The number of nitrogens with one attached hydrogen (secondary N) is 1. The van der Waals surface area contributed by atoms with E-state index in [0.29, 0.717) is 28.4 Å². The molecule has 0 fully saturated rings. The Morgan fingerprint density at radius 2 is 1.90 bits per heavy atom. The highest BCUT2D eigenvalue weighted by atomic mass is 35.5. The smallest absolute Gasteiger partial charge is 0.194 e. The lowest BCUT2D eigenvalue weighted by atomic mass is 9.98. The number of rotatable bonds is 9. The van der Waals surface area contributed by atoms with E-state index in [-0.39, 0.29) is 19.0 Å². The molecular formula is C25H25ClN2O3. The second-order valence-electron chi connectivity index (χ2n) is 6.92. The number of carbonyl (C=O) groups excluding carboxylic acids is 1. The van der Waals surface area contributed by atoms with Gasteiger partial charge in [-0.3, -0.25) is 4.79 Å². The zero-order valence-corrected chi connectivity index (χ0v) is 18.0. The molecular weight excluding hydrogens is 412 g/mol. The maximum atomic E-state index is 13.0. The lowest BCUT2D eigenvalue weighted by Crippen LogP contribution is -2.06. The number of aryl methyl sites for hydroxylation is 1. The molecule has 3 rings (SSSR count). The second kappa shape index (κ2) is 10.8. The van der Waals surface area contributed by atoms with Crippen LogP contribution in [0.3, 0.4) is 0 Å². The van der Waals surface area contributed by atoms with Gasteiger partial charge in [-0.05, 0) is 60.5 Å². The molecule has 6 heteroatoms. The van der Waals surface area contributed by atoms with Gasteiger partial charge in [0.25, 0.3) is 0 Å². The van der Waals surface area contributed by atoms with Gasteiger partial charge < -0.3 is 20.9 Å². The lowest BCUT2D eigenvalue weighted by Gasteiger charge is -2.13. The standard InChI is InChI=1S/C25H25ClN2O3/c1-17-15-20(31-14-13-29)9-11-21(17)25(30)22-10-8-19(16-23(22)26)28-24-7-3-2-5-18(24)6-4-12-27/h2-11,15-16,28-29H,12-14,27H2,1H3/b6-4+. The summed E-state index contributed by atoms with van der Waals surface area (Å²) in [6.45, 7) is 2.45. The maximum Gasteiger partial charge on any atom is 0.194 e. The lowest BCUT2D eigenvalue weighted by molar-refractivity contribution is 0.103. The molecule has 0 aliphatic rings. The van der Waals surface area contributed by atoms with Crippen molar-refractivity contribution < 1.29 is 14.6 Å². The summed E-state index contributed by atoms with van der Waals surface area (Å²) in [6.07, 6.45) is 3.84. The number of halogens is 1. The van der Waals surface area contributed by atoms with E-state index in [9.17, 15) is 4.79 Å². The Balaban J connectivity index is 1.81. The van der Waals surface area contributed by atoms with Crippen molar-refractivity contribution >= 4 is 34.8 Å². The van der Waals surface area contributed by atoms with Crippen LogP contribution in [-0.4, -0.2) is 30.6 Å². The number of ether oxygens (including phenoxy) is 1. The number of ketones is 1. The van der Waals surface area contributed by atoms with Gasteiger partial charge in [0.05, 0.1) is 11.6 Å². The van der Waals surface area contributed by atoms with Crippen LogP contribution in [0.5, 0.6) is 5.75 Å². The first-order valence-corrected chi connectivity index (χ1v) is 10.3. The second-order valence-corrected chi connectivity index (χ2v) is 7.33. The van der Waals surface area contributed by atoms with E-state index in [0.717, 1.165) is 22.5 Å². The maximum absolute atomic E-state index is 13.0. The third-order valence-electron chi connectivity index (χ3n) is 4.69. The minimum absolute atomic E-state index is 0.0660. The fraction of sp³-hybridized carbons (Fsp3) is 0.160. The Morgan fingerprint density at radius 1 is 1.13 bits per heavy atom. The highest BCUT2D eigenvalue weighted by Crippen LogP contribution is 2.29. The molecule has 3 aromatic rings. The molecule has 0 bridgehead atoms. The number of anilines is 2. The number of hydrogen-bond donors (Lipinski definition) is 3. The van der Waals surface area contributed by atoms with Crippen LogP contribution in [0, 0.1) is 6.92 Å². The predicted octanol–water partition coefficient (Wildman–Crippen LogP) is 4.97. The molecule has 0 atom stereocenters. The van der Waals surface area contributed by atoms with E-state index in [2.05, 4.69) is 5.32 Å². The number of carbonyl (C=O) groups is 1. The summed E-state index contributed by atoms with van der Waals surface area (Å²) in [6, 6.07) is 18.4. The van der Waals surface area contributed by atoms with E-state index in [1.165, 1.54) is 0 Å². The number of aliphatic hydroxyl groups is 1. The summed E-state index contributed by atoms with van der Waals surface area (Å²) in [5, 5.41) is 12.6. The molecule has 0 aliphatic carbocycles. The van der Waals surface area contributed by atoms with Crippen LogP contribution in [0.2, 0.25) is 5.02 Å². The topological polar surface area (TPSA) is 84.6 Å². The third kappa shape index (κ3) is 5.73. The molecule has 0 spiro atoms. The Hall–Kier alpha value is -3.12. The summed E-state index contributed by atoms with van der Waals surface area (Å²) in [5.74, 6) is 0.449. The minimum atomic E-state index is -0.158.